The summed E-state index contributed by atoms with van der Waals surface area (Å²) >= 11 is 0. The van der Waals surface area contributed by atoms with E-state index in [0.717, 1.165) is 24.8 Å². The molecular formula is C19H25N3O5S. The number of aryl methyl sites for hydroxylation is 2. The molecular weight excluding hydrogens is 382 g/mol. The second-order valence-corrected chi connectivity index (χ2v) is 8.76. The predicted molar refractivity (Wildman–Crippen MR) is 104 cm³/mol. The molecule has 0 saturated carbocycles. The van der Waals surface area contributed by atoms with E-state index in [1.807, 2.05) is 0 Å². The Balaban J connectivity index is 1.83. The maximum Gasteiger partial charge on any atom is 0.246 e. The molecule has 1 N–H and O–H groups in total. The normalized spacial score (nSPS) is 15.4. The van der Waals surface area contributed by atoms with Crippen molar-refractivity contribution in [3.05, 3.63) is 35.2 Å². The number of aromatic nitrogens is 1. The van der Waals surface area contributed by atoms with Crippen LogP contribution >= 0.6 is 0 Å². The number of benzene rings is 1. The molecule has 1 aromatic carbocycles. The molecule has 0 aliphatic carbocycles. The zero-order valence-corrected chi connectivity index (χ0v) is 17.1. The van der Waals surface area contributed by atoms with Gasteiger partial charge in [0.15, 0.2) is 0 Å². The second kappa shape index (κ2) is 8.32. The molecule has 1 amide bonds. The van der Waals surface area contributed by atoms with Crippen LogP contribution in [0.3, 0.4) is 0 Å². The summed E-state index contributed by atoms with van der Waals surface area (Å²) in [7, 11) is -2.26. The van der Waals surface area contributed by atoms with Gasteiger partial charge in [0, 0.05) is 24.3 Å². The molecule has 28 heavy (non-hydrogen) atoms. The van der Waals surface area contributed by atoms with Gasteiger partial charge in [-0.1, -0.05) is 11.6 Å². The van der Waals surface area contributed by atoms with E-state index in [9.17, 15) is 13.2 Å². The lowest BCUT2D eigenvalue weighted by Crippen LogP contribution is -2.35. The van der Waals surface area contributed by atoms with Crippen LogP contribution in [0.1, 0.15) is 36.3 Å². The fraction of sp³-hybridized carbons (Fsp3) is 0.474. The first kappa shape index (κ1) is 20.3. The first-order chi connectivity index (χ1) is 13.3. The molecule has 0 radical (unpaired) electrons. The van der Waals surface area contributed by atoms with Gasteiger partial charge in [-0.3, -0.25) is 4.79 Å². The number of carbonyl (C=O) groups is 1. The van der Waals surface area contributed by atoms with Crippen molar-refractivity contribution in [2.24, 2.45) is 0 Å². The van der Waals surface area contributed by atoms with Crippen molar-refractivity contribution in [2.45, 2.75) is 44.4 Å². The van der Waals surface area contributed by atoms with Gasteiger partial charge in [0.05, 0.1) is 19.2 Å². The molecule has 1 aromatic heterocycles. The molecule has 0 atom stereocenters. The third-order valence-electron chi connectivity index (χ3n) is 4.90. The van der Waals surface area contributed by atoms with Crippen LogP contribution in [0.15, 0.2) is 27.6 Å². The summed E-state index contributed by atoms with van der Waals surface area (Å²) in [5.74, 6) is 0.575. The van der Waals surface area contributed by atoms with Crippen molar-refractivity contribution in [1.82, 2.24) is 9.46 Å². The molecule has 152 valence electrons. The van der Waals surface area contributed by atoms with Gasteiger partial charge in [0.1, 0.15) is 16.4 Å². The summed E-state index contributed by atoms with van der Waals surface area (Å²) in [6.45, 7) is 4.51. The first-order valence-corrected chi connectivity index (χ1v) is 10.7. The van der Waals surface area contributed by atoms with Gasteiger partial charge < -0.3 is 14.6 Å². The summed E-state index contributed by atoms with van der Waals surface area (Å²) in [6.07, 6.45) is 2.81. The van der Waals surface area contributed by atoms with E-state index >= 15 is 0 Å². The third-order valence-corrected chi connectivity index (χ3v) is 6.82. The van der Waals surface area contributed by atoms with Crippen molar-refractivity contribution in [3.63, 3.8) is 0 Å². The minimum atomic E-state index is -3.69. The Morgan fingerprint density at radius 3 is 2.57 bits per heavy atom. The van der Waals surface area contributed by atoms with Crippen molar-refractivity contribution in [1.29, 1.82) is 0 Å². The highest BCUT2D eigenvalue weighted by molar-refractivity contribution is 7.89. The van der Waals surface area contributed by atoms with Gasteiger partial charge in [0.25, 0.3) is 0 Å². The molecule has 1 saturated heterocycles. The fourth-order valence-corrected chi connectivity index (χ4v) is 5.02. The highest BCUT2D eigenvalue weighted by Crippen LogP contribution is 2.31. The Bertz CT molecular complexity index is 942. The largest absolute Gasteiger partial charge is 0.495 e. The molecule has 1 fully saturated rings. The Kier molecular flexibility index (Phi) is 6.04. The van der Waals surface area contributed by atoms with E-state index in [1.54, 1.807) is 26.0 Å². The van der Waals surface area contributed by atoms with E-state index in [4.69, 9.17) is 9.26 Å². The number of nitrogens with one attached hydrogen (secondary N) is 1. The molecule has 8 nitrogen and oxygen atoms in total. The number of hydrogen-bond acceptors (Lipinski definition) is 6. The second-order valence-electron chi connectivity index (χ2n) is 6.86. The summed E-state index contributed by atoms with van der Waals surface area (Å²) in [5.41, 5.74) is 1.79. The van der Waals surface area contributed by atoms with E-state index < -0.39 is 10.0 Å². The molecule has 0 bridgehead atoms. The third kappa shape index (κ3) is 4.20. The Morgan fingerprint density at radius 2 is 1.96 bits per heavy atom. The van der Waals surface area contributed by atoms with Crippen molar-refractivity contribution >= 4 is 21.6 Å². The van der Waals surface area contributed by atoms with Gasteiger partial charge in [-0.15, -0.1) is 0 Å². The summed E-state index contributed by atoms with van der Waals surface area (Å²) < 4.78 is 37.9. The average molecular weight is 407 g/mol. The number of anilines is 1. The highest BCUT2D eigenvalue weighted by Gasteiger charge is 2.29. The number of methoxy groups -OCH3 is 1. The minimum absolute atomic E-state index is 0.0621. The molecule has 1 aliphatic rings. The summed E-state index contributed by atoms with van der Waals surface area (Å²) in [5, 5.41) is 6.60. The fourth-order valence-electron chi connectivity index (χ4n) is 3.32. The quantitative estimate of drug-likeness (QED) is 0.790. The number of rotatable bonds is 6. The molecule has 0 spiro atoms. The molecule has 1 aliphatic heterocycles. The monoisotopic (exact) mass is 407 g/mol. The zero-order valence-electron chi connectivity index (χ0n) is 16.3. The van der Waals surface area contributed by atoms with Gasteiger partial charge in [-0.05, 0) is 44.9 Å². The van der Waals surface area contributed by atoms with E-state index in [0.29, 0.717) is 30.2 Å². The van der Waals surface area contributed by atoms with Crippen LogP contribution in [-0.4, -0.2) is 44.0 Å². The molecule has 2 aromatic rings. The van der Waals surface area contributed by atoms with Gasteiger partial charge in [0.2, 0.25) is 15.9 Å². The van der Waals surface area contributed by atoms with Crippen LogP contribution in [-0.2, 0) is 21.2 Å². The van der Waals surface area contributed by atoms with Gasteiger partial charge >= 0.3 is 0 Å². The van der Waals surface area contributed by atoms with E-state index in [1.165, 1.54) is 17.5 Å². The maximum atomic E-state index is 13.1. The van der Waals surface area contributed by atoms with Crippen molar-refractivity contribution in [2.75, 3.05) is 25.5 Å². The van der Waals surface area contributed by atoms with Gasteiger partial charge in [-0.25, -0.2) is 8.42 Å². The lowest BCUT2D eigenvalue weighted by molar-refractivity contribution is -0.115. The van der Waals surface area contributed by atoms with Gasteiger partial charge in [-0.2, -0.15) is 4.31 Å². The standard InChI is InChI=1S/C19H25N3O5S/c1-13-16(14(2)27-21-13)12-19(23)20-15-7-8-17(26-3)18(11-15)28(24,25)22-9-5-4-6-10-22/h7-8,11H,4-6,9-10,12H2,1-3H3,(H,20,23). The van der Waals surface area contributed by atoms with E-state index in [2.05, 4.69) is 10.5 Å². The Morgan fingerprint density at radius 1 is 1.25 bits per heavy atom. The van der Waals surface area contributed by atoms with Crippen molar-refractivity contribution < 1.29 is 22.5 Å². The number of ether oxygens (including phenoxy) is 1. The van der Waals surface area contributed by atoms with Crippen molar-refractivity contribution in [3.8, 4) is 5.75 Å². The summed E-state index contributed by atoms with van der Waals surface area (Å²) in [4.78, 5) is 12.5. The number of hydrogen-bond donors (Lipinski definition) is 1. The Labute approximate surface area is 164 Å². The maximum absolute atomic E-state index is 13.1. The lowest BCUT2D eigenvalue weighted by atomic mass is 10.1. The zero-order chi connectivity index (χ0) is 20.3. The van der Waals surface area contributed by atoms with Crippen LogP contribution < -0.4 is 10.1 Å². The van der Waals surface area contributed by atoms with E-state index in [-0.39, 0.29) is 23.0 Å². The number of piperidine rings is 1. The molecule has 3 rings (SSSR count). The molecule has 9 heteroatoms. The van der Waals surface area contributed by atoms with Crippen LogP contribution in [0.5, 0.6) is 5.75 Å². The van der Waals surface area contributed by atoms with Crippen LogP contribution in [0.25, 0.3) is 0 Å². The molecule has 0 unspecified atom stereocenters. The highest BCUT2D eigenvalue weighted by atomic mass is 32.2. The Hall–Kier alpha value is -2.39. The number of amides is 1. The predicted octanol–water partition coefficient (Wildman–Crippen LogP) is 2.66. The topological polar surface area (TPSA) is 102 Å². The SMILES string of the molecule is COc1ccc(NC(=O)Cc2c(C)noc2C)cc1S(=O)(=O)N1CCCCC1. The van der Waals surface area contributed by atoms with Crippen LogP contribution in [0, 0.1) is 13.8 Å². The number of sulfonamides is 1. The minimum Gasteiger partial charge on any atom is -0.495 e. The smallest absolute Gasteiger partial charge is 0.246 e. The van der Waals surface area contributed by atoms with Crippen LogP contribution in [0.2, 0.25) is 0 Å². The lowest BCUT2D eigenvalue weighted by Gasteiger charge is -2.26. The number of carbonyl (C=O) groups excluding carboxylic acids is 1. The number of nitrogens with zero attached hydrogens (tertiary/aromatic N) is 2. The van der Waals surface area contributed by atoms with Crippen LogP contribution in [0.4, 0.5) is 5.69 Å². The first-order valence-electron chi connectivity index (χ1n) is 9.22. The average Bonchev–Trinajstić information content (AvgIpc) is 3.00. The summed E-state index contributed by atoms with van der Waals surface area (Å²) in [6, 6.07) is 4.63. The molecule has 2 heterocycles.